The van der Waals surface area contributed by atoms with Crippen LogP contribution < -0.4 is 0 Å². The Bertz CT molecular complexity index is 458. The summed E-state index contributed by atoms with van der Waals surface area (Å²) < 4.78 is 0. The van der Waals surface area contributed by atoms with Gasteiger partial charge in [0.05, 0.1) is 6.10 Å². The number of hydrogen-bond acceptors (Lipinski definition) is 1. The van der Waals surface area contributed by atoms with E-state index in [9.17, 15) is 5.11 Å². The van der Waals surface area contributed by atoms with Crippen molar-refractivity contribution in [2.45, 2.75) is 25.9 Å². The second-order valence-electron chi connectivity index (χ2n) is 5.10. The number of benzene rings is 1. The average molecular weight is 268 g/mol. The lowest BCUT2D eigenvalue weighted by Crippen LogP contribution is -2.23. The smallest absolute Gasteiger partial charge is 0.0855 e. The van der Waals surface area contributed by atoms with E-state index in [1.165, 1.54) is 12.6 Å². The number of rotatable bonds is 4. The van der Waals surface area contributed by atoms with E-state index in [0.717, 1.165) is 18.4 Å². The van der Waals surface area contributed by atoms with Crippen molar-refractivity contribution in [3.05, 3.63) is 59.7 Å². The zero-order valence-electron chi connectivity index (χ0n) is 12.5. The van der Waals surface area contributed by atoms with Gasteiger partial charge in [0, 0.05) is 42.6 Å². The Morgan fingerprint density at radius 3 is 2.29 bits per heavy atom. The van der Waals surface area contributed by atoms with Crippen LogP contribution in [0.3, 0.4) is 0 Å². The molecule has 2 rings (SSSR count). The minimum absolute atomic E-state index is 0.166. The Morgan fingerprint density at radius 1 is 1.19 bits per heavy atom. The quantitative estimate of drug-likeness (QED) is 0.825. The Labute approximate surface area is 133 Å². The van der Waals surface area contributed by atoms with Gasteiger partial charge in [-0.05, 0) is 24.0 Å². The van der Waals surface area contributed by atoms with E-state index in [2.05, 4.69) is 25.2 Å². The summed E-state index contributed by atoms with van der Waals surface area (Å²) in [7, 11) is 15.8. The lowest BCUT2D eigenvalue weighted by atomic mass is 8.97. The maximum atomic E-state index is 10.3. The highest BCUT2D eigenvalue weighted by atomic mass is 16.3. The van der Waals surface area contributed by atoms with Crippen LogP contribution in [0.25, 0.3) is 0 Å². The van der Waals surface area contributed by atoms with Crippen molar-refractivity contribution in [2.24, 2.45) is 5.92 Å². The molecule has 1 aliphatic rings. The molecular formula is C15H18B5O. The van der Waals surface area contributed by atoms with Crippen LogP contribution in [0.2, 0.25) is 0 Å². The van der Waals surface area contributed by atoms with Crippen LogP contribution in [0.15, 0.2) is 54.1 Å². The molecule has 99 valence electrons. The van der Waals surface area contributed by atoms with Gasteiger partial charge in [-0.25, -0.2) is 0 Å². The lowest BCUT2D eigenvalue weighted by molar-refractivity contribution is 0.136. The summed E-state index contributed by atoms with van der Waals surface area (Å²) in [6, 6.07) is 9.87. The molecular weight excluding hydrogens is 250 g/mol. The monoisotopic (exact) mass is 269 g/mol. The molecule has 0 saturated heterocycles. The fourth-order valence-electron chi connectivity index (χ4n) is 2.09. The largest absolute Gasteiger partial charge is 0.388 e. The van der Waals surface area contributed by atoms with Gasteiger partial charge >= 0.3 is 0 Å². The van der Waals surface area contributed by atoms with Crippen LogP contribution >= 0.6 is 0 Å². The van der Waals surface area contributed by atoms with E-state index in [4.69, 9.17) is 23.2 Å². The van der Waals surface area contributed by atoms with Gasteiger partial charge in [-0.1, -0.05) is 55.5 Å². The summed E-state index contributed by atoms with van der Waals surface area (Å²) in [4.78, 5) is 0. The number of allylic oxidation sites excluding steroid dienone is 3. The van der Waals surface area contributed by atoms with Gasteiger partial charge in [-0.15, -0.1) is 0 Å². The molecule has 0 bridgehead atoms. The van der Waals surface area contributed by atoms with Crippen LogP contribution in [0.4, 0.5) is 0 Å². The minimum Gasteiger partial charge on any atom is -0.388 e. The molecule has 0 amide bonds. The standard InChI is InChI=1S/C15H18O.B5/c1-12(13-8-4-2-5-9-13)15(16)14-10-6-3-7-11-14;1-4-5(2)3/h3-4,6-12,15-16H,2,5H2,1H3;/t12-,15?;/m0./s1. The van der Waals surface area contributed by atoms with Crippen molar-refractivity contribution in [1.29, 1.82) is 0 Å². The number of hydrogen-bond donors (Lipinski definition) is 1. The maximum Gasteiger partial charge on any atom is 0.0855 e. The van der Waals surface area contributed by atoms with Gasteiger partial charge in [-0.2, -0.15) is 0 Å². The van der Waals surface area contributed by atoms with E-state index in [-0.39, 0.29) is 5.92 Å². The molecule has 7 radical (unpaired) electrons. The van der Waals surface area contributed by atoms with E-state index in [1.807, 2.05) is 30.3 Å². The average Bonchev–Trinajstić information content (AvgIpc) is 2.55. The normalized spacial score (nSPS) is 16.0. The van der Waals surface area contributed by atoms with Crippen LogP contribution in [-0.4, -0.2) is 41.8 Å². The van der Waals surface area contributed by atoms with Gasteiger partial charge in [0.15, 0.2) is 0 Å². The first kappa shape index (κ1) is 18.0. The predicted molar refractivity (Wildman–Crippen MR) is 95.8 cm³/mol. The Balaban J connectivity index is 0.000000383. The van der Waals surface area contributed by atoms with E-state index < -0.39 is 12.5 Å². The molecule has 1 aromatic rings. The Kier molecular flexibility index (Phi) is 8.45. The zero-order valence-corrected chi connectivity index (χ0v) is 12.5. The molecule has 1 unspecified atom stereocenters. The van der Waals surface area contributed by atoms with Gasteiger partial charge in [-0.3, -0.25) is 0 Å². The molecule has 1 aliphatic carbocycles. The third-order valence-electron chi connectivity index (χ3n) is 3.39. The summed E-state index contributed by atoms with van der Waals surface area (Å²) >= 11 is 0. The van der Waals surface area contributed by atoms with E-state index >= 15 is 0 Å². The molecule has 0 heterocycles. The van der Waals surface area contributed by atoms with E-state index in [1.54, 1.807) is 0 Å². The van der Waals surface area contributed by atoms with Crippen LogP contribution in [0.1, 0.15) is 31.4 Å². The molecule has 1 nitrogen and oxygen atoms in total. The van der Waals surface area contributed by atoms with Crippen LogP contribution in [-0.2, 0) is 0 Å². The topological polar surface area (TPSA) is 20.2 Å². The molecule has 0 saturated carbocycles. The van der Waals surface area contributed by atoms with E-state index in [0.29, 0.717) is 0 Å². The highest BCUT2D eigenvalue weighted by Gasteiger charge is 2.19. The fraction of sp³-hybridized carbons (Fsp3) is 0.333. The van der Waals surface area contributed by atoms with Crippen LogP contribution in [0, 0.1) is 5.92 Å². The third kappa shape index (κ3) is 6.52. The molecule has 1 aromatic carbocycles. The molecule has 6 heteroatoms. The van der Waals surface area contributed by atoms with Gasteiger partial charge < -0.3 is 5.11 Å². The molecule has 0 fully saturated rings. The van der Waals surface area contributed by atoms with Crippen molar-refractivity contribution in [2.75, 3.05) is 0 Å². The molecule has 0 aromatic heterocycles. The SMILES string of the molecule is C[C@@H](C1=CCCC=C1)C(O)c1ccccc1.[B][B]B([B])[B]. The number of aliphatic hydroxyl groups is 1. The van der Waals surface area contributed by atoms with Crippen molar-refractivity contribution < 1.29 is 5.11 Å². The van der Waals surface area contributed by atoms with Gasteiger partial charge in [0.25, 0.3) is 0 Å². The molecule has 2 atom stereocenters. The van der Waals surface area contributed by atoms with Crippen molar-refractivity contribution in [3.63, 3.8) is 0 Å². The summed E-state index contributed by atoms with van der Waals surface area (Å²) in [5, 5.41) is 10.3. The van der Waals surface area contributed by atoms with Crippen molar-refractivity contribution in [1.82, 2.24) is 0 Å². The summed E-state index contributed by atoms with van der Waals surface area (Å²) in [6.45, 7) is 2.08. The van der Waals surface area contributed by atoms with Gasteiger partial charge in [0.2, 0.25) is 0 Å². The highest BCUT2D eigenvalue weighted by Crippen LogP contribution is 2.29. The summed E-state index contributed by atoms with van der Waals surface area (Å²) in [6.07, 6.45) is 7.90. The molecule has 0 spiro atoms. The zero-order chi connectivity index (χ0) is 15.7. The first-order valence-corrected chi connectivity index (χ1v) is 7.22. The molecule has 0 aliphatic heterocycles. The fourth-order valence-corrected chi connectivity index (χ4v) is 2.09. The molecule has 1 N–H and O–H groups in total. The Morgan fingerprint density at radius 2 is 1.81 bits per heavy atom. The first-order valence-electron chi connectivity index (χ1n) is 7.22. The summed E-state index contributed by atoms with van der Waals surface area (Å²) in [5.41, 5.74) is 2.25. The first-order chi connectivity index (χ1) is 10.1. The van der Waals surface area contributed by atoms with Crippen LogP contribution in [0.5, 0.6) is 0 Å². The maximum absolute atomic E-state index is 10.3. The lowest BCUT2D eigenvalue weighted by Gasteiger charge is -2.22. The summed E-state index contributed by atoms with van der Waals surface area (Å²) in [5.74, 6) is 0.166. The van der Waals surface area contributed by atoms with Gasteiger partial charge in [0.1, 0.15) is 0 Å². The van der Waals surface area contributed by atoms with Crippen molar-refractivity contribution >= 4 is 36.7 Å². The number of aliphatic hydroxyl groups excluding tert-OH is 1. The Hall–Kier alpha value is -1.02. The van der Waals surface area contributed by atoms with Crippen molar-refractivity contribution in [3.8, 4) is 0 Å². The second kappa shape index (κ2) is 9.84. The highest BCUT2D eigenvalue weighted by molar-refractivity contribution is 7.60. The predicted octanol–water partition coefficient (Wildman–Crippen LogP) is 1.73. The third-order valence-corrected chi connectivity index (χ3v) is 3.39. The minimum atomic E-state index is -0.463. The second-order valence-corrected chi connectivity index (χ2v) is 5.10. The molecule has 21 heavy (non-hydrogen) atoms.